The molecule has 2 amide bonds. The summed E-state index contributed by atoms with van der Waals surface area (Å²) in [5.74, 6) is -0.0792. The lowest BCUT2D eigenvalue weighted by atomic mass is 10.1. The van der Waals surface area contributed by atoms with Gasteiger partial charge in [-0.25, -0.2) is 8.42 Å². The fraction of sp³-hybridized carbons (Fsp3) is 0.462. The largest absolute Gasteiger partial charge is 0.495 e. The van der Waals surface area contributed by atoms with Crippen molar-refractivity contribution in [3.8, 4) is 5.75 Å². The Balaban J connectivity index is 2.20. The fourth-order valence-corrected chi connectivity index (χ4v) is 5.13. The van der Waals surface area contributed by atoms with Crippen LogP contribution in [0.3, 0.4) is 0 Å². The first-order valence-electron chi connectivity index (χ1n) is 11.8. The minimum absolute atomic E-state index is 0.0551. The maximum Gasteiger partial charge on any atom is 0.242 e. The van der Waals surface area contributed by atoms with Crippen molar-refractivity contribution in [3.05, 3.63) is 57.5 Å². The van der Waals surface area contributed by atoms with Gasteiger partial charge in [0.2, 0.25) is 21.8 Å². The molecule has 1 atom stereocenters. The molecule has 2 rings (SSSR count). The summed E-state index contributed by atoms with van der Waals surface area (Å²) in [6, 6.07) is 11.5. The van der Waals surface area contributed by atoms with E-state index in [1.54, 1.807) is 19.1 Å². The molecule has 8 nitrogen and oxygen atoms in total. The first kappa shape index (κ1) is 30.9. The lowest BCUT2D eigenvalue weighted by molar-refractivity contribution is -0.141. The van der Waals surface area contributed by atoms with Gasteiger partial charge >= 0.3 is 0 Å². The molecule has 0 bridgehead atoms. The second-order valence-electron chi connectivity index (χ2n) is 9.82. The number of hydrogen-bond donors (Lipinski definition) is 1. The van der Waals surface area contributed by atoms with Crippen molar-refractivity contribution in [2.75, 3.05) is 24.2 Å². The molecule has 0 heterocycles. The van der Waals surface area contributed by atoms with Gasteiger partial charge in [-0.2, -0.15) is 0 Å². The van der Waals surface area contributed by atoms with Gasteiger partial charge in [0.25, 0.3) is 0 Å². The zero-order valence-corrected chi connectivity index (χ0v) is 25.2. The summed E-state index contributed by atoms with van der Waals surface area (Å²) < 4.78 is 32.3. The molecule has 0 aromatic heterocycles. The Labute approximate surface area is 233 Å². The number of ether oxygens (including phenoxy) is 1. The van der Waals surface area contributed by atoms with Gasteiger partial charge in [0.1, 0.15) is 11.8 Å². The lowest BCUT2D eigenvalue weighted by Gasteiger charge is -2.32. The van der Waals surface area contributed by atoms with Crippen LogP contribution >= 0.6 is 27.5 Å². The molecule has 11 heteroatoms. The van der Waals surface area contributed by atoms with Crippen molar-refractivity contribution in [2.24, 2.45) is 0 Å². The van der Waals surface area contributed by atoms with E-state index in [1.165, 1.54) is 22.4 Å². The van der Waals surface area contributed by atoms with Gasteiger partial charge in [0.05, 0.1) is 24.1 Å². The average molecular weight is 617 g/mol. The van der Waals surface area contributed by atoms with E-state index in [-0.39, 0.29) is 42.8 Å². The Hall–Kier alpha value is -2.30. The minimum Gasteiger partial charge on any atom is -0.495 e. The predicted molar refractivity (Wildman–Crippen MR) is 151 cm³/mol. The third kappa shape index (κ3) is 9.50. The third-order valence-corrected chi connectivity index (χ3v) is 7.53. The van der Waals surface area contributed by atoms with Crippen LogP contribution in [-0.2, 0) is 26.2 Å². The van der Waals surface area contributed by atoms with E-state index >= 15 is 0 Å². The normalized spacial score (nSPS) is 12.5. The molecule has 0 saturated carbocycles. The molecular formula is C26H35BrClN3O5S. The molecule has 37 heavy (non-hydrogen) atoms. The van der Waals surface area contributed by atoms with Crippen molar-refractivity contribution in [1.82, 2.24) is 10.2 Å². The van der Waals surface area contributed by atoms with Gasteiger partial charge in [-0.1, -0.05) is 39.7 Å². The first-order valence-corrected chi connectivity index (χ1v) is 14.8. The molecule has 0 aliphatic carbocycles. The van der Waals surface area contributed by atoms with Crippen molar-refractivity contribution in [3.63, 3.8) is 0 Å². The van der Waals surface area contributed by atoms with Crippen LogP contribution in [-0.4, -0.2) is 56.6 Å². The number of rotatable bonds is 11. The molecular weight excluding hydrogens is 582 g/mol. The maximum absolute atomic E-state index is 13.4. The Bertz CT molecular complexity index is 1200. The van der Waals surface area contributed by atoms with Gasteiger partial charge in [-0.05, 0) is 70.0 Å². The van der Waals surface area contributed by atoms with Crippen LogP contribution < -0.4 is 14.4 Å². The highest BCUT2D eigenvalue weighted by molar-refractivity contribution is 9.10. The molecule has 0 aliphatic heterocycles. The number of halogens is 2. The zero-order valence-electron chi connectivity index (χ0n) is 22.0. The number of sulfonamides is 1. The SMILES string of the molecule is COc1ccc(N(CCCC(=O)N(Cc2ccc(Br)cc2)[C@@H](C)C(=O)NC(C)(C)C)S(C)(=O)=O)cc1Cl. The number of nitrogens with zero attached hydrogens (tertiary/aromatic N) is 2. The summed E-state index contributed by atoms with van der Waals surface area (Å²) in [7, 11) is -2.16. The molecule has 204 valence electrons. The predicted octanol–water partition coefficient (Wildman–Crippen LogP) is 4.99. The summed E-state index contributed by atoms with van der Waals surface area (Å²) in [6.45, 7) is 7.65. The van der Waals surface area contributed by atoms with E-state index in [2.05, 4.69) is 21.2 Å². The van der Waals surface area contributed by atoms with Crippen molar-refractivity contribution in [1.29, 1.82) is 0 Å². The molecule has 2 aromatic carbocycles. The average Bonchev–Trinajstić information content (AvgIpc) is 2.79. The lowest BCUT2D eigenvalue weighted by Crippen LogP contribution is -2.52. The fourth-order valence-electron chi connectivity index (χ4n) is 3.66. The molecule has 0 unspecified atom stereocenters. The highest BCUT2D eigenvalue weighted by Gasteiger charge is 2.28. The van der Waals surface area contributed by atoms with E-state index in [4.69, 9.17) is 16.3 Å². The molecule has 0 spiro atoms. The number of benzene rings is 2. The van der Waals surface area contributed by atoms with E-state index in [9.17, 15) is 18.0 Å². The Morgan fingerprint density at radius 2 is 1.76 bits per heavy atom. The van der Waals surface area contributed by atoms with Gasteiger partial charge in [0.15, 0.2) is 0 Å². The number of anilines is 1. The van der Waals surface area contributed by atoms with E-state index in [0.717, 1.165) is 16.3 Å². The molecule has 0 fully saturated rings. The maximum atomic E-state index is 13.4. The Kier molecular flexibility index (Phi) is 10.8. The van der Waals surface area contributed by atoms with Crippen LogP contribution in [0.15, 0.2) is 46.9 Å². The molecule has 2 aromatic rings. The zero-order chi connectivity index (χ0) is 28.0. The molecule has 1 N–H and O–H groups in total. The number of nitrogens with one attached hydrogen (secondary N) is 1. The summed E-state index contributed by atoms with van der Waals surface area (Å²) in [6.07, 6.45) is 1.41. The van der Waals surface area contributed by atoms with Crippen molar-refractivity contribution < 1.29 is 22.7 Å². The van der Waals surface area contributed by atoms with Crippen LogP contribution in [0.2, 0.25) is 5.02 Å². The van der Waals surface area contributed by atoms with Crippen LogP contribution in [0, 0.1) is 0 Å². The van der Waals surface area contributed by atoms with E-state index in [1.807, 2.05) is 45.0 Å². The first-order chi connectivity index (χ1) is 17.1. The van der Waals surface area contributed by atoms with E-state index in [0.29, 0.717) is 11.4 Å². The Morgan fingerprint density at radius 3 is 2.27 bits per heavy atom. The number of carbonyl (C=O) groups is 2. The van der Waals surface area contributed by atoms with Crippen LogP contribution in [0.5, 0.6) is 5.75 Å². The van der Waals surface area contributed by atoms with Crippen LogP contribution in [0.1, 0.15) is 46.1 Å². The van der Waals surface area contributed by atoms with Crippen molar-refractivity contribution >= 4 is 55.1 Å². The topological polar surface area (TPSA) is 96.0 Å². The van der Waals surface area contributed by atoms with Gasteiger partial charge < -0.3 is 15.0 Å². The number of amides is 2. The summed E-state index contributed by atoms with van der Waals surface area (Å²) in [4.78, 5) is 27.8. The highest BCUT2D eigenvalue weighted by Crippen LogP contribution is 2.30. The van der Waals surface area contributed by atoms with Crippen molar-refractivity contribution in [2.45, 2.75) is 58.7 Å². The van der Waals surface area contributed by atoms with Crippen LogP contribution in [0.25, 0.3) is 0 Å². The third-order valence-electron chi connectivity index (χ3n) is 5.51. The second-order valence-corrected chi connectivity index (χ2v) is 13.1. The molecule has 0 aliphatic rings. The molecule has 0 saturated heterocycles. The number of hydrogen-bond acceptors (Lipinski definition) is 5. The highest BCUT2D eigenvalue weighted by atomic mass is 79.9. The minimum atomic E-state index is -3.63. The van der Waals surface area contributed by atoms with Gasteiger partial charge in [-0.3, -0.25) is 13.9 Å². The quantitative estimate of drug-likeness (QED) is 0.384. The molecule has 0 radical (unpaired) electrons. The second kappa shape index (κ2) is 13.0. The number of carbonyl (C=O) groups excluding carboxylic acids is 2. The van der Waals surface area contributed by atoms with Crippen LogP contribution in [0.4, 0.5) is 5.69 Å². The monoisotopic (exact) mass is 615 g/mol. The summed E-state index contributed by atoms with van der Waals surface area (Å²) >= 11 is 9.61. The summed E-state index contributed by atoms with van der Waals surface area (Å²) in [5.41, 5.74) is 0.802. The van der Waals surface area contributed by atoms with Gasteiger partial charge in [-0.15, -0.1) is 0 Å². The standard InChI is InChI=1S/C26H35BrClN3O5S/c1-18(25(33)29-26(2,3)4)30(17-19-9-11-20(27)12-10-19)24(32)8-7-15-31(37(6,34)35)21-13-14-23(36-5)22(28)16-21/h9-14,16,18H,7-8,15,17H2,1-6H3,(H,29,33)/t18-/m0/s1. The van der Waals surface area contributed by atoms with E-state index < -0.39 is 21.6 Å². The smallest absolute Gasteiger partial charge is 0.242 e. The number of methoxy groups -OCH3 is 1. The Morgan fingerprint density at radius 1 is 1.14 bits per heavy atom. The van der Waals surface area contributed by atoms with Gasteiger partial charge in [0, 0.05) is 29.5 Å². The summed E-state index contributed by atoms with van der Waals surface area (Å²) in [5, 5.41) is 3.21.